The lowest BCUT2D eigenvalue weighted by molar-refractivity contribution is -0.159. The number of carbonyl (C=O) groups excluding carboxylic acids is 2. The molecule has 0 radical (unpaired) electrons. The fourth-order valence-electron chi connectivity index (χ4n) is 9.23. The molecule has 204 valence electrons. The maximum absolute atomic E-state index is 13.5. The molecule has 4 aliphatic rings. The minimum absolute atomic E-state index is 0.0836. The molecular formula is C30H42FNO4S. The van der Waals surface area contributed by atoms with Crippen molar-refractivity contribution in [3.63, 3.8) is 0 Å². The first-order chi connectivity index (χ1) is 17.5. The van der Waals surface area contributed by atoms with E-state index in [2.05, 4.69) is 25.5 Å². The Morgan fingerprint density at radius 3 is 2.43 bits per heavy atom. The quantitative estimate of drug-likeness (QED) is 0.443. The zero-order valence-corrected chi connectivity index (χ0v) is 23.3. The molecule has 0 bridgehead atoms. The molecule has 1 aromatic rings. The Kier molecular flexibility index (Phi) is 7.19. The fourth-order valence-corrected chi connectivity index (χ4v) is 10.3. The molecule has 0 spiro atoms. The van der Waals surface area contributed by atoms with Crippen molar-refractivity contribution in [2.45, 2.75) is 89.9 Å². The molecule has 0 saturated heterocycles. The van der Waals surface area contributed by atoms with Gasteiger partial charge in [-0.1, -0.05) is 20.8 Å². The van der Waals surface area contributed by atoms with Gasteiger partial charge in [0.25, 0.3) is 0 Å². The van der Waals surface area contributed by atoms with Gasteiger partial charge in [-0.05, 0) is 110 Å². The van der Waals surface area contributed by atoms with Crippen LogP contribution in [-0.2, 0) is 19.6 Å². The number of nitrogens with one attached hydrogen (secondary N) is 1. The van der Waals surface area contributed by atoms with E-state index in [0.717, 1.165) is 57.1 Å². The standard InChI is InChI=1S/C30H42FNO4S/c1-19(5-4-16-32-37(35,36)23-8-6-21(31)7-9-23)24-10-11-25-28-26(13-15-30(24,25)3)29(2)14-12-22(33)17-20(29)18-27(28)34/h6-9,19-20,24-26,28,32H,4-5,10-18H2,1-3H3/t19-,20+,24-,25+,26+,28+,29+,30-/m1/s1. The van der Waals surface area contributed by atoms with Gasteiger partial charge in [-0.15, -0.1) is 0 Å². The molecule has 5 nitrogen and oxygen atoms in total. The highest BCUT2D eigenvalue weighted by molar-refractivity contribution is 7.89. The van der Waals surface area contributed by atoms with E-state index >= 15 is 0 Å². The Hall–Kier alpha value is -1.60. The van der Waals surface area contributed by atoms with E-state index < -0.39 is 15.8 Å². The monoisotopic (exact) mass is 531 g/mol. The summed E-state index contributed by atoms with van der Waals surface area (Å²) in [5.41, 5.74) is 0.275. The third-order valence-electron chi connectivity index (χ3n) is 11.3. The van der Waals surface area contributed by atoms with Crippen LogP contribution in [0.15, 0.2) is 29.2 Å². The van der Waals surface area contributed by atoms with Gasteiger partial charge >= 0.3 is 0 Å². The molecule has 7 heteroatoms. The lowest BCUT2D eigenvalue weighted by atomic mass is 9.44. The van der Waals surface area contributed by atoms with Crippen molar-refractivity contribution in [2.75, 3.05) is 6.54 Å². The largest absolute Gasteiger partial charge is 0.300 e. The molecule has 0 aliphatic heterocycles. The third kappa shape index (κ3) is 4.73. The minimum Gasteiger partial charge on any atom is -0.300 e. The summed E-state index contributed by atoms with van der Waals surface area (Å²) in [6.45, 7) is 7.45. The Labute approximate surface area is 221 Å². The van der Waals surface area contributed by atoms with Gasteiger partial charge in [0.15, 0.2) is 0 Å². The van der Waals surface area contributed by atoms with Gasteiger partial charge in [-0.25, -0.2) is 17.5 Å². The summed E-state index contributed by atoms with van der Waals surface area (Å²) < 4.78 is 40.8. The van der Waals surface area contributed by atoms with Crippen LogP contribution in [0.5, 0.6) is 0 Å². The zero-order valence-electron chi connectivity index (χ0n) is 22.5. The van der Waals surface area contributed by atoms with Crippen molar-refractivity contribution in [1.29, 1.82) is 0 Å². The van der Waals surface area contributed by atoms with Gasteiger partial charge in [0.05, 0.1) is 4.90 Å². The zero-order chi connectivity index (χ0) is 26.6. The lowest BCUT2D eigenvalue weighted by Gasteiger charge is -2.59. The van der Waals surface area contributed by atoms with Gasteiger partial charge in [0.2, 0.25) is 10.0 Å². The molecule has 0 heterocycles. The van der Waals surface area contributed by atoms with E-state index in [9.17, 15) is 22.4 Å². The van der Waals surface area contributed by atoms with Crippen LogP contribution in [0.1, 0.15) is 85.0 Å². The van der Waals surface area contributed by atoms with Crippen molar-refractivity contribution in [3.8, 4) is 0 Å². The van der Waals surface area contributed by atoms with Gasteiger partial charge < -0.3 is 0 Å². The number of Topliss-reactive ketones (excluding diaryl/α,β-unsaturated/α-hetero) is 2. The number of hydrogen-bond donors (Lipinski definition) is 1. The number of hydrogen-bond acceptors (Lipinski definition) is 4. The molecule has 5 rings (SSSR count). The number of ketones is 2. The molecular weight excluding hydrogens is 489 g/mol. The van der Waals surface area contributed by atoms with E-state index in [4.69, 9.17) is 0 Å². The normalized spacial score (nSPS) is 38.5. The maximum Gasteiger partial charge on any atom is 0.240 e. The van der Waals surface area contributed by atoms with Crippen molar-refractivity contribution in [3.05, 3.63) is 30.1 Å². The van der Waals surface area contributed by atoms with Crippen LogP contribution in [0.25, 0.3) is 0 Å². The number of sulfonamides is 1. The highest BCUT2D eigenvalue weighted by atomic mass is 32.2. The predicted octanol–water partition coefficient (Wildman–Crippen LogP) is 5.93. The second-order valence-corrected chi connectivity index (χ2v) is 14.8. The van der Waals surface area contributed by atoms with Crippen LogP contribution in [0.4, 0.5) is 4.39 Å². The molecule has 1 N–H and O–H groups in total. The van der Waals surface area contributed by atoms with Crippen molar-refractivity contribution < 1.29 is 22.4 Å². The van der Waals surface area contributed by atoms with E-state index in [1.807, 2.05) is 0 Å². The van der Waals surface area contributed by atoms with E-state index in [1.165, 1.54) is 12.1 Å². The van der Waals surface area contributed by atoms with Gasteiger partial charge in [0, 0.05) is 31.7 Å². The summed E-state index contributed by atoms with van der Waals surface area (Å²) in [7, 11) is -3.64. The van der Waals surface area contributed by atoms with Crippen molar-refractivity contribution in [1.82, 2.24) is 4.72 Å². The minimum atomic E-state index is -3.64. The Bertz CT molecular complexity index is 1150. The maximum atomic E-state index is 13.5. The molecule has 4 fully saturated rings. The molecule has 4 aliphatic carbocycles. The summed E-state index contributed by atoms with van der Waals surface area (Å²) >= 11 is 0. The molecule has 4 saturated carbocycles. The summed E-state index contributed by atoms with van der Waals surface area (Å²) in [6, 6.07) is 4.90. The van der Waals surface area contributed by atoms with E-state index in [1.54, 1.807) is 0 Å². The predicted molar refractivity (Wildman–Crippen MR) is 141 cm³/mol. The van der Waals surface area contributed by atoms with Crippen molar-refractivity contribution >= 4 is 21.6 Å². The number of rotatable bonds is 7. The molecule has 0 aromatic heterocycles. The first kappa shape index (κ1) is 27.0. The van der Waals surface area contributed by atoms with Gasteiger partial charge in [-0.2, -0.15) is 0 Å². The van der Waals surface area contributed by atoms with Crippen LogP contribution >= 0.6 is 0 Å². The lowest BCUT2D eigenvalue weighted by Crippen LogP contribution is -2.57. The summed E-state index contributed by atoms with van der Waals surface area (Å²) in [4.78, 5) is 25.8. The molecule has 0 amide bonds. The summed E-state index contributed by atoms with van der Waals surface area (Å²) in [5.74, 6) is 2.52. The first-order valence-electron chi connectivity index (χ1n) is 14.3. The number of carbonyl (C=O) groups is 2. The number of fused-ring (bicyclic) bond motifs is 5. The van der Waals surface area contributed by atoms with Crippen molar-refractivity contribution in [2.24, 2.45) is 46.3 Å². The fraction of sp³-hybridized carbons (Fsp3) is 0.733. The van der Waals surface area contributed by atoms with Crippen LogP contribution in [0.3, 0.4) is 0 Å². The van der Waals surface area contributed by atoms with Crippen LogP contribution in [0, 0.1) is 52.2 Å². The molecule has 1 aromatic carbocycles. The van der Waals surface area contributed by atoms with Crippen LogP contribution < -0.4 is 4.72 Å². The van der Waals surface area contributed by atoms with Gasteiger partial charge in [-0.3, -0.25) is 9.59 Å². The highest BCUT2D eigenvalue weighted by Gasteiger charge is 2.63. The van der Waals surface area contributed by atoms with Crippen LogP contribution in [-0.4, -0.2) is 26.5 Å². The SMILES string of the molecule is C[C@H](CCCNS(=O)(=O)c1ccc(F)cc1)[C@H]1CC[C@H]2[C@@H]3C(=O)C[C@@H]4CC(=O)CC[C@]4(C)[C@H]3CC[C@]12C. The van der Waals surface area contributed by atoms with E-state index in [0.29, 0.717) is 61.0 Å². The Morgan fingerprint density at radius 1 is 1.00 bits per heavy atom. The topological polar surface area (TPSA) is 80.3 Å². The highest BCUT2D eigenvalue weighted by Crippen LogP contribution is 2.67. The Balaban J connectivity index is 1.21. The summed E-state index contributed by atoms with van der Waals surface area (Å²) in [5, 5.41) is 0. The second-order valence-electron chi connectivity index (χ2n) is 13.1. The smallest absolute Gasteiger partial charge is 0.240 e. The molecule has 8 atom stereocenters. The molecule has 37 heavy (non-hydrogen) atoms. The Morgan fingerprint density at radius 2 is 1.70 bits per heavy atom. The molecule has 0 unspecified atom stereocenters. The average Bonchev–Trinajstić information content (AvgIpc) is 3.20. The van der Waals surface area contributed by atoms with Crippen LogP contribution in [0.2, 0.25) is 0 Å². The average molecular weight is 532 g/mol. The summed E-state index contributed by atoms with van der Waals surface area (Å²) in [6.07, 6.45) is 8.97. The third-order valence-corrected chi connectivity index (χ3v) is 12.8. The number of benzene rings is 1. The number of halogens is 1. The van der Waals surface area contributed by atoms with Gasteiger partial charge in [0.1, 0.15) is 17.4 Å². The first-order valence-corrected chi connectivity index (χ1v) is 15.7. The van der Waals surface area contributed by atoms with E-state index in [-0.39, 0.29) is 27.6 Å². The second kappa shape index (κ2) is 9.86.